The summed E-state index contributed by atoms with van der Waals surface area (Å²) in [6.45, 7) is 13.9. The van der Waals surface area contributed by atoms with E-state index in [9.17, 15) is 0 Å². The predicted octanol–water partition coefficient (Wildman–Crippen LogP) is -2.26. The molecule has 0 radical (unpaired) electrons. The summed E-state index contributed by atoms with van der Waals surface area (Å²) >= 11 is 0. The molecule has 4 heteroatoms. The topological polar surface area (TPSA) is 0 Å². The zero-order valence-corrected chi connectivity index (χ0v) is 21.8. The minimum Gasteiger partial charge on any atom is -1.00 e. The summed E-state index contributed by atoms with van der Waals surface area (Å²) in [4.78, 5) is 0. The molecular formula is C25H29Cl3Ti. The van der Waals surface area contributed by atoms with E-state index in [1.807, 2.05) is 0 Å². The van der Waals surface area contributed by atoms with Crippen molar-refractivity contribution in [1.82, 2.24) is 0 Å². The summed E-state index contributed by atoms with van der Waals surface area (Å²) in [7, 11) is 0. The molecule has 0 heterocycles. The Balaban J connectivity index is 0. The first-order valence-corrected chi connectivity index (χ1v) is 9.23. The van der Waals surface area contributed by atoms with Crippen LogP contribution in [0.2, 0.25) is 0 Å². The fraction of sp³-hybridized carbons (Fsp3) is 0.360. The van der Waals surface area contributed by atoms with Gasteiger partial charge in [0.05, 0.1) is 0 Å². The maximum absolute atomic E-state index is 3.68. The minimum atomic E-state index is -0.177. The van der Waals surface area contributed by atoms with Gasteiger partial charge in [-0.15, -0.1) is 12.5 Å². The largest absolute Gasteiger partial charge is 4.00 e. The number of halogens is 3. The van der Waals surface area contributed by atoms with E-state index in [0.29, 0.717) is 5.92 Å². The van der Waals surface area contributed by atoms with Crippen LogP contribution in [0.4, 0.5) is 0 Å². The van der Waals surface area contributed by atoms with Crippen LogP contribution in [0.25, 0.3) is 0 Å². The van der Waals surface area contributed by atoms with Crippen molar-refractivity contribution in [2.75, 3.05) is 0 Å². The Hall–Kier alpha value is -0.496. The van der Waals surface area contributed by atoms with Crippen LogP contribution >= 0.6 is 0 Å². The Labute approximate surface area is 210 Å². The van der Waals surface area contributed by atoms with Gasteiger partial charge in [-0.25, -0.2) is 5.57 Å². The van der Waals surface area contributed by atoms with E-state index in [0.717, 1.165) is 0 Å². The number of hydrogen-bond acceptors (Lipinski definition) is 0. The maximum atomic E-state index is 3.68. The van der Waals surface area contributed by atoms with Crippen LogP contribution in [0.1, 0.15) is 52.7 Å². The second-order valence-corrected chi connectivity index (χ2v) is 8.26. The third-order valence-corrected chi connectivity index (χ3v) is 5.78. The van der Waals surface area contributed by atoms with Crippen molar-refractivity contribution in [2.45, 2.75) is 47.0 Å². The van der Waals surface area contributed by atoms with E-state index in [-0.39, 0.29) is 69.8 Å². The zero-order chi connectivity index (χ0) is 18.2. The van der Waals surface area contributed by atoms with E-state index in [1.165, 1.54) is 27.8 Å². The normalized spacial score (nSPS) is 15.9. The van der Waals surface area contributed by atoms with Gasteiger partial charge >= 0.3 is 21.7 Å². The molecule has 0 N–H and O–H groups in total. The standard InChI is InChI=1S/C25H29.3ClH.Ti/c1-18-17-19(2)23(20(18)3)25(24(4,5)6,21-13-9-7-10-14-21)22-15-11-8-12-16-22;;;;/h7-16,19H,1-6H3;3*1H;/q-1;;;;+4/p-3. The van der Waals surface area contributed by atoms with Crippen molar-refractivity contribution < 1.29 is 58.9 Å². The van der Waals surface area contributed by atoms with E-state index in [4.69, 9.17) is 0 Å². The average Bonchev–Trinajstić information content (AvgIpc) is 2.83. The molecule has 0 saturated heterocycles. The van der Waals surface area contributed by atoms with Crippen LogP contribution in [0.3, 0.4) is 0 Å². The van der Waals surface area contributed by atoms with Crippen LogP contribution < -0.4 is 37.2 Å². The Kier molecular flexibility index (Phi) is 12.5. The van der Waals surface area contributed by atoms with Crippen LogP contribution in [-0.2, 0) is 27.1 Å². The van der Waals surface area contributed by atoms with Crippen LogP contribution in [0.5, 0.6) is 0 Å². The van der Waals surface area contributed by atoms with Gasteiger partial charge in [-0.3, -0.25) is 6.08 Å². The van der Waals surface area contributed by atoms with Gasteiger partial charge in [0.15, 0.2) is 0 Å². The zero-order valence-electron chi connectivity index (χ0n) is 18.0. The Morgan fingerprint density at radius 3 is 1.38 bits per heavy atom. The van der Waals surface area contributed by atoms with Gasteiger partial charge in [0.25, 0.3) is 0 Å². The fourth-order valence-corrected chi connectivity index (χ4v) is 4.76. The Morgan fingerprint density at radius 1 is 0.724 bits per heavy atom. The van der Waals surface area contributed by atoms with Gasteiger partial charge in [-0.2, -0.15) is 5.57 Å². The molecule has 1 aliphatic carbocycles. The summed E-state index contributed by atoms with van der Waals surface area (Å²) in [5, 5.41) is 0. The van der Waals surface area contributed by atoms with E-state index >= 15 is 0 Å². The second-order valence-electron chi connectivity index (χ2n) is 8.26. The second kappa shape index (κ2) is 11.8. The quantitative estimate of drug-likeness (QED) is 0.342. The minimum absolute atomic E-state index is 0. The first kappa shape index (κ1) is 30.7. The van der Waals surface area contributed by atoms with Gasteiger partial charge in [0.1, 0.15) is 0 Å². The molecule has 1 unspecified atom stereocenters. The molecule has 0 spiro atoms. The smallest absolute Gasteiger partial charge is 1.00 e. The molecule has 1 aliphatic rings. The van der Waals surface area contributed by atoms with Gasteiger partial charge in [-0.05, 0) is 16.5 Å². The molecule has 0 fully saturated rings. The fourth-order valence-electron chi connectivity index (χ4n) is 4.76. The monoisotopic (exact) mass is 482 g/mol. The van der Waals surface area contributed by atoms with Gasteiger partial charge in [0, 0.05) is 5.41 Å². The van der Waals surface area contributed by atoms with E-state index < -0.39 is 0 Å². The summed E-state index contributed by atoms with van der Waals surface area (Å²) in [6, 6.07) is 22.0. The van der Waals surface area contributed by atoms with E-state index in [1.54, 1.807) is 0 Å². The van der Waals surface area contributed by atoms with Crippen molar-refractivity contribution in [2.24, 2.45) is 11.3 Å². The summed E-state index contributed by atoms with van der Waals surface area (Å²) in [5.41, 5.74) is 6.77. The average molecular weight is 484 g/mol. The Morgan fingerprint density at radius 2 is 1.10 bits per heavy atom. The van der Waals surface area contributed by atoms with Crippen LogP contribution in [0, 0.1) is 17.4 Å². The molecule has 2 aromatic carbocycles. The number of hydrogen-bond donors (Lipinski definition) is 0. The molecule has 2 aromatic rings. The predicted molar refractivity (Wildman–Crippen MR) is 107 cm³/mol. The molecule has 0 saturated carbocycles. The van der Waals surface area contributed by atoms with Crippen LogP contribution in [0.15, 0.2) is 77.4 Å². The first-order valence-electron chi connectivity index (χ1n) is 9.23. The van der Waals surface area contributed by atoms with Crippen LogP contribution in [-0.4, -0.2) is 0 Å². The number of rotatable bonds is 3. The third kappa shape index (κ3) is 5.23. The van der Waals surface area contributed by atoms with Crippen molar-refractivity contribution in [3.8, 4) is 0 Å². The number of benzene rings is 2. The molecular weight excluding hydrogens is 455 g/mol. The maximum Gasteiger partial charge on any atom is 4.00 e. The molecule has 3 rings (SSSR count). The van der Waals surface area contributed by atoms with Crippen molar-refractivity contribution >= 4 is 0 Å². The molecule has 0 nitrogen and oxygen atoms in total. The molecule has 0 amide bonds. The molecule has 0 aliphatic heterocycles. The molecule has 29 heavy (non-hydrogen) atoms. The van der Waals surface area contributed by atoms with Gasteiger partial charge < -0.3 is 37.2 Å². The van der Waals surface area contributed by atoms with Gasteiger partial charge in [-0.1, -0.05) is 101 Å². The van der Waals surface area contributed by atoms with E-state index in [2.05, 4.69) is 108 Å². The molecule has 0 bridgehead atoms. The van der Waals surface area contributed by atoms with Gasteiger partial charge in [0.2, 0.25) is 0 Å². The molecule has 1 atom stereocenters. The number of allylic oxidation sites excluding steroid dienone is 4. The summed E-state index contributed by atoms with van der Waals surface area (Å²) in [5.74, 6) is 0.319. The Bertz CT molecular complexity index is 779. The first-order chi connectivity index (χ1) is 11.8. The summed E-state index contributed by atoms with van der Waals surface area (Å²) in [6.07, 6.45) is 3.68. The SMILES string of the molecule is CC1=[C-]C(C)C(C(c2ccccc2)(c2ccccc2)C(C)(C)C)=C1C.[Cl-].[Cl-].[Cl-].[Ti+4]. The molecule has 0 aromatic heterocycles. The molecule has 154 valence electrons. The van der Waals surface area contributed by atoms with Crippen molar-refractivity contribution in [3.05, 3.63) is 94.6 Å². The summed E-state index contributed by atoms with van der Waals surface area (Å²) < 4.78 is 0. The third-order valence-electron chi connectivity index (χ3n) is 5.78. The van der Waals surface area contributed by atoms with Crippen molar-refractivity contribution in [3.63, 3.8) is 0 Å². The van der Waals surface area contributed by atoms with Crippen molar-refractivity contribution in [1.29, 1.82) is 0 Å².